The molecule has 5 rings (SSSR count). The number of nitrogens with one attached hydrogen (secondary N) is 1. The van der Waals surface area contributed by atoms with Gasteiger partial charge < -0.3 is 4.74 Å². The van der Waals surface area contributed by atoms with Crippen LogP contribution in [0.25, 0.3) is 34.0 Å². The van der Waals surface area contributed by atoms with Crippen molar-refractivity contribution in [1.29, 1.82) is 0 Å². The molecule has 31 heavy (non-hydrogen) atoms. The summed E-state index contributed by atoms with van der Waals surface area (Å²) >= 11 is 6.07. The topological polar surface area (TPSA) is 76.6 Å². The second-order valence-electron chi connectivity index (χ2n) is 7.71. The van der Waals surface area contributed by atoms with E-state index in [2.05, 4.69) is 25.1 Å². The van der Waals surface area contributed by atoms with Crippen LogP contribution in [-0.2, 0) is 0 Å². The second kappa shape index (κ2) is 8.86. The molecule has 1 N–H and O–H groups in total. The van der Waals surface area contributed by atoms with Crippen molar-refractivity contribution in [3.8, 4) is 39.9 Å². The maximum atomic E-state index is 6.07. The van der Waals surface area contributed by atoms with Crippen molar-refractivity contribution in [2.75, 3.05) is 0 Å². The molecular weight excluding hydrogens is 410 g/mol. The Morgan fingerprint density at radius 1 is 0.871 bits per heavy atom. The van der Waals surface area contributed by atoms with E-state index in [1.807, 2.05) is 54.7 Å². The lowest BCUT2D eigenvalue weighted by Gasteiger charge is -2.22. The summed E-state index contributed by atoms with van der Waals surface area (Å²) < 4.78 is 6.01. The van der Waals surface area contributed by atoms with E-state index in [4.69, 9.17) is 16.3 Å². The Bertz CT molecular complexity index is 1150. The molecule has 0 amide bonds. The van der Waals surface area contributed by atoms with Crippen molar-refractivity contribution in [1.82, 2.24) is 25.1 Å². The number of hydrogen-bond acceptors (Lipinski definition) is 5. The van der Waals surface area contributed by atoms with Crippen molar-refractivity contribution < 1.29 is 4.74 Å². The minimum atomic E-state index is 0.294. The molecule has 0 saturated heterocycles. The Morgan fingerprint density at radius 3 is 2.45 bits per heavy atom. The third-order valence-corrected chi connectivity index (χ3v) is 5.71. The summed E-state index contributed by atoms with van der Waals surface area (Å²) in [5.41, 5.74) is 3.50. The van der Waals surface area contributed by atoms with Crippen molar-refractivity contribution in [2.45, 2.75) is 38.2 Å². The van der Waals surface area contributed by atoms with Gasteiger partial charge in [0.1, 0.15) is 6.10 Å². The van der Waals surface area contributed by atoms with Gasteiger partial charge in [-0.15, -0.1) is 0 Å². The highest BCUT2D eigenvalue weighted by atomic mass is 35.5. The van der Waals surface area contributed by atoms with Gasteiger partial charge >= 0.3 is 0 Å². The molecule has 156 valence electrons. The quantitative estimate of drug-likeness (QED) is 0.421. The number of aromatic amines is 1. The fraction of sp³-hybridized carbons (Fsp3) is 0.250. The number of ether oxygens (including phenoxy) is 1. The molecule has 0 bridgehead atoms. The summed E-state index contributed by atoms with van der Waals surface area (Å²) in [5, 5.41) is 7.93. The third kappa shape index (κ3) is 4.59. The summed E-state index contributed by atoms with van der Waals surface area (Å²) in [7, 11) is 0. The van der Waals surface area contributed by atoms with Crippen LogP contribution in [-0.4, -0.2) is 31.3 Å². The molecule has 0 spiro atoms. The number of H-pyrrole nitrogens is 1. The van der Waals surface area contributed by atoms with Crippen LogP contribution in [0.3, 0.4) is 0 Å². The first-order chi connectivity index (χ1) is 15.2. The van der Waals surface area contributed by atoms with Crippen LogP contribution in [0.2, 0.25) is 5.02 Å². The molecular formula is C24H22ClN5O. The van der Waals surface area contributed by atoms with Gasteiger partial charge in [0.2, 0.25) is 5.88 Å². The molecule has 3 aromatic heterocycles. The Morgan fingerprint density at radius 2 is 1.71 bits per heavy atom. The van der Waals surface area contributed by atoms with Gasteiger partial charge in [-0.05, 0) is 56.0 Å². The molecule has 0 atom stereocenters. The molecule has 1 aliphatic carbocycles. The Labute approximate surface area is 185 Å². The van der Waals surface area contributed by atoms with E-state index in [1.165, 1.54) is 19.3 Å². The van der Waals surface area contributed by atoms with E-state index in [9.17, 15) is 0 Å². The van der Waals surface area contributed by atoms with Crippen LogP contribution in [0.4, 0.5) is 0 Å². The van der Waals surface area contributed by atoms with Gasteiger partial charge in [-0.2, -0.15) is 5.10 Å². The number of nitrogens with zero attached hydrogens (tertiary/aromatic N) is 4. The molecule has 4 aromatic rings. The first-order valence-electron chi connectivity index (χ1n) is 10.5. The zero-order chi connectivity index (χ0) is 21.0. The van der Waals surface area contributed by atoms with Gasteiger partial charge in [0.05, 0.1) is 5.69 Å². The number of aromatic nitrogens is 5. The maximum absolute atomic E-state index is 6.07. The standard InChI is InChI=1S/C24H22ClN5O/c25-19-6-4-5-16(13-19)23-28-24(30-29-23)18-9-11-21(26-15-18)17-10-12-22(27-14-17)31-20-7-2-1-3-8-20/h4-6,9-15,20H,1-3,7-8H2,(H,28,29,30). The zero-order valence-corrected chi connectivity index (χ0v) is 17.7. The molecule has 7 heteroatoms. The number of halogens is 1. The van der Waals surface area contributed by atoms with Gasteiger partial charge in [-0.25, -0.2) is 9.97 Å². The van der Waals surface area contributed by atoms with Crippen LogP contribution in [0.15, 0.2) is 60.9 Å². The third-order valence-electron chi connectivity index (χ3n) is 5.48. The normalized spacial score (nSPS) is 14.5. The van der Waals surface area contributed by atoms with Gasteiger partial charge in [-0.3, -0.25) is 10.1 Å². The first kappa shape index (κ1) is 19.7. The predicted octanol–water partition coefficient (Wildman–Crippen LogP) is 5.96. The average molecular weight is 432 g/mol. The Balaban J connectivity index is 1.29. The number of hydrogen-bond donors (Lipinski definition) is 1. The molecule has 1 fully saturated rings. The summed E-state index contributed by atoms with van der Waals surface area (Å²) in [4.78, 5) is 13.6. The van der Waals surface area contributed by atoms with E-state index >= 15 is 0 Å². The summed E-state index contributed by atoms with van der Waals surface area (Å²) in [6.45, 7) is 0. The van der Waals surface area contributed by atoms with Crippen LogP contribution < -0.4 is 4.74 Å². The molecule has 0 aliphatic heterocycles. The number of benzene rings is 1. The SMILES string of the molecule is Clc1cccc(-c2nc(-c3ccc(-c4ccc(OC5CCCCC5)nc4)nc3)n[nH]2)c1. The molecule has 1 aliphatic rings. The number of pyridine rings is 2. The highest BCUT2D eigenvalue weighted by Crippen LogP contribution is 2.26. The van der Waals surface area contributed by atoms with Gasteiger partial charge in [-0.1, -0.05) is 30.2 Å². The smallest absolute Gasteiger partial charge is 0.213 e. The highest BCUT2D eigenvalue weighted by molar-refractivity contribution is 6.30. The van der Waals surface area contributed by atoms with E-state index in [1.54, 1.807) is 6.20 Å². The second-order valence-corrected chi connectivity index (χ2v) is 8.15. The maximum Gasteiger partial charge on any atom is 0.213 e. The van der Waals surface area contributed by atoms with Crippen LogP contribution in [0.5, 0.6) is 5.88 Å². The predicted molar refractivity (Wildman–Crippen MR) is 121 cm³/mol. The summed E-state index contributed by atoms with van der Waals surface area (Å²) in [5.74, 6) is 1.93. The van der Waals surface area contributed by atoms with Crippen LogP contribution in [0, 0.1) is 0 Å². The lowest BCUT2D eigenvalue weighted by molar-refractivity contribution is 0.148. The molecule has 1 saturated carbocycles. The molecule has 1 aromatic carbocycles. The van der Waals surface area contributed by atoms with Crippen molar-refractivity contribution >= 4 is 11.6 Å². The number of rotatable bonds is 5. The fourth-order valence-electron chi connectivity index (χ4n) is 3.81. The average Bonchev–Trinajstić information content (AvgIpc) is 3.31. The minimum Gasteiger partial charge on any atom is -0.474 e. The fourth-order valence-corrected chi connectivity index (χ4v) is 4.00. The zero-order valence-electron chi connectivity index (χ0n) is 17.0. The van der Waals surface area contributed by atoms with Crippen LogP contribution in [0.1, 0.15) is 32.1 Å². The van der Waals surface area contributed by atoms with Gasteiger partial charge in [0.15, 0.2) is 11.6 Å². The summed E-state index contributed by atoms with van der Waals surface area (Å²) in [6, 6.07) is 15.3. The molecule has 6 nitrogen and oxygen atoms in total. The van der Waals surface area contributed by atoms with Gasteiger partial charge in [0, 0.05) is 40.2 Å². The largest absolute Gasteiger partial charge is 0.474 e. The van der Waals surface area contributed by atoms with E-state index in [-0.39, 0.29) is 0 Å². The molecule has 0 radical (unpaired) electrons. The Kier molecular flexibility index (Phi) is 5.63. The molecule has 0 unspecified atom stereocenters. The summed E-state index contributed by atoms with van der Waals surface area (Å²) in [6.07, 6.45) is 9.90. The first-order valence-corrected chi connectivity index (χ1v) is 10.9. The monoisotopic (exact) mass is 431 g/mol. The van der Waals surface area contributed by atoms with E-state index in [0.717, 1.165) is 35.2 Å². The van der Waals surface area contributed by atoms with Gasteiger partial charge in [0.25, 0.3) is 0 Å². The van der Waals surface area contributed by atoms with E-state index in [0.29, 0.717) is 28.7 Å². The lowest BCUT2D eigenvalue weighted by atomic mass is 9.98. The van der Waals surface area contributed by atoms with E-state index < -0.39 is 0 Å². The van der Waals surface area contributed by atoms with Crippen molar-refractivity contribution in [3.05, 3.63) is 65.9 Å². The van der Waals surface area contributed by atoms with Crippen molar-refractivity contribution in [3.63, 3.8) is 0 Å². The van der Waals surface area contributed by atoms with Crippen LogP contribution >= 0.6 is 11.6 Å². The lowest BCUT2D eigenvalue weighted by Crippen LogP contribution is -2.20. The minimum absolute atomic E-state index is 0.294. The van der Waals surface area contributed by atoms with Crippen molar-refractivity contribution in [2.24, 2.45) is 0 Å². The Hall–Kier alpha value is -3.25. The highest BCUT2D eigenvalue weighted by Gasteiger charge is 2.15. The molecule has 3 heterocycles.